The van der Waals surface area contributed by atoms with Crippen molar-refractivity contribution in [2.24, 2.45) is 0 Å². The van der Waals surface area contributed by atoms with Gasteiger partial charge in [-0.1, -0.05) is 24.3 Å². The minimum absolute atomic E-state index is 0.0281. The van der Waals surface area contributed by atoms with Gasteiger partial charge in [0.25, 0.3) is 21.8 Å². The summed E-state index contributed by atoms with van der Waals surface area (Å²) in [4.78, 5) is 24.1. The van der Waals surface area contributed by atoms with Crippen LogP contribution in [0.1, 0.15) is 20.7 Å². The maximum absolute atomic E-state index is 13.0. The molecule has 0 saturated heterocycles. The Kier molecular flexibility index (Phi) is 5.89. The van der Waals surface area contributed by atoms with Crippen LogP contribution in [0, 0.1) is 5.82 Å². The highest BCUT2D eigenvalue weighted by Gasteiger charge is 2.17. The van der Waals surface area contributed by atoms with Crippen LogP contribution in [0.2, 0.25) is 0 Å². The first-order valence-corrected chi connectivity index (χ1v) is 9.88. The fraction of sp³-hybridized carbons (Fsp3) is 0. The lowest BCUT2D eigenvalue weighted by Crippen LogP contribution is -2.41. The number of sulfonamides is 1. The zero-order chi connectivity index (χ0) is 20.9. The van der Waals surface area contributed by atoms with Crippen LogP contribution in [0.3, 0.4) is 0 Å². The molecule has 0 spiro atoms. The Morgan fingerprint density at radius 1 is 0.724 bits per heavy atom. The van der Waals surface area contributed by atoms with Crippen LogP contribution < -0.4 is 15.6 Å². The molecular formula is C20H16FN3O4S. The van der Waals surface area contributed by atoms with Crippen molar-refractivity contribution in [1.82, 2.24) is 10.9 Å². The van der Waals surface area contributed by atoms with Gasteiger partial charge in [-0.2, -0.15) is 0 Å². The Balaban J connectivity index is 1.70. The van der Waals surface area contributed by atoms with E-state index in [1.165, 1.54) is 30.3 Å². The number of hydrogen-bond donors (Lipinski definition) is 3. The third kappa shape index (κ3) is 5.17. The predicted molar refractivity (Wildman–Crippen MR) is 105 cm³/mol. The SMILES string of the molecule is O=C(NNC(=O)c1cccc(S(=O)(=O)Nc2ccc(F)cc2)c1)c1ccccc1. The number of carbonyl (C=O) groups is 2. The molecule has 0 bridgehead atoms. The second-order valence-corrected chi connectivity index (χ2v) is 7.60. The Morgan fingerprint density at radius 3 is 1.97 bits per heavy atom. The lowest BCUT2D eigenvalue weighted by Gasteiger charge is -2.10. The molecule has 0 saturated carbocycles. The summed E-state index contributed by atoms with van der Waals surface area (Å²) in [5.41, 5.74) is 5.06. The van der Waals surface area contributed by atoms with Gasteiger partial charge in [0, 0.05) is 16.8 Å². The Hall–Kier alpha value is -3.72. The molecule has 0 aliphatic heterocycles. The van der Waals surface area contributed by atoms with E-state index in [1.54, 1.807) is 30.3 Å². The van der Waals surface area contributed by atoms with E-state index in [1.807, 2.05) is 0 Å². The summed E-state index contributed by atoms with van der Waals surface area (Å²) in [6.45, 7) is 0. The fourth-order valence-electron chi connectivity index (χ4n) is 2.38. The molecule has 2 amide bonds. The van der Waals surface area contributed by atoms with Crippen LogP contribution in [0.5, 0.6) is 0 Å². The van der Waals surface area contributed by atoms with Crippen LogP contribution in [0.4, 0.5) is 10.1 Å². The lowest BCUT2D eigenvalue weighted by atomic mass is 10.2. The Morgan fingerprint density at radius 2 is 1.31 bits per heavy atom. The molecule has 0 fully saturated rings. The standard InChI is InChI=1S/C20H16FN3O4S/c21-16-9-11-17(12-10-16)24-29(27,28)18-8-4-7-15(13-18)20(26)23-22-19(25)14-5-2-1-3-6-14/h1-13,24H,(H,22,25)(H,23,26). The number of halogens is 1. The highest BCUT2D eigenvalue weighted by molar-refractivity contribution is 7.92. The van der Waals surface area contributed by atoms with E-state index in [0.717, 1.165) is 18.2 Å². The van der Waals surface area contributed by atoms with Crippen LogP contribution in [-0.4, -0.2) is 20.2 Å². The number of carbonyl (C=O) groups excluding carboxylic acids is 2. The van der Waals surface area contributed by atoms with Gasteiger partial charge in [-0.15, -0.1) is 0 Å². The average molecular weight is 413 g/mol. The molecule has 3 aromatic carbocycles. The van der Waals surface area contributed by atoms with Crippen LogP contribution >= 0.6 is 0 Å². The summed E-state index contributed by atoms with van der Waals surface area (Å²) < 4.78 is 40.3. The van der Waals surface area contributed by atoms with Crippen molar-refractivity contribution in [3.63, 3.8) is 0 Å². The zero-order valence-electron chi connectivity index (χ0n) is 14.9. The number of anilines is 1. The second-order valence-electron chi connectivity index (χ2n) is 5.91. The van der Waals surface area contributed by atoms with Gasteiger partial charge in [0.2, 0.25) is 0 Å². The summed E-state index contributed by atoms with van der Waals surface area (Å²) in [6.07, 6.45) is 0. The average Bonchev–Trinajstić information content (AvgIpc) is 2.74. The second kappa shape index (κ2) is 8.53. The number of hydrogen-bond acceptors (Lipinski definition) is 4. The largest absolute Gasteiger partial charge is 0.280 e. The highest BCUT2D eigenvalue weighted by Crippen LogP contribution is 2.17. The topological polar surface area (TPSA) is 104 Å². The minimum Gasteiger partial charge on any atom is -0.280 e. The molecule has 0 aliphatic carbocycles. The van der Waals surface area contributed by atoms with Crippen molar-refractivity contribution in [3.05, 3.63) is 95.8 Å². The van der Waals surface area contributed by atoms with E-state index in [9.17, 15) is 22.4 Å². The van der Waals surface area contributed by atoms with Crippen molar-refractivity contribution >= 4 is 27.5 Å². The monoisotopic (exact) mass is 413 g/mol. The molecule has 0 aromatic heterocycles. The van der Waals surface area contributed by atoms with E-state index in [2.05, 4.69) is 15.6 Å². The minimum atomic E-state index is -4.00. The third-order valence-corrected chi connectivity index (χ3v) is 5.21. The van der Waals surface area contributed by atoms with Gasteiger partial charge >= 0.3 is 0 Å². The van der Waals surface area contributed by atoms with E-state index in [4.69, 9.17) is 0 Å². The van der Waals surface area contributed by atoms with Crippen molar-refractivity contribution < 1.29 is 22.4 Å². The first-order valence-electron chi connectivity index (χ1n) is 8.39. The van der Waals surface area contributed by atoms with Crippen LogP contribution in [-0.2, 0) is 10.0 Å². The van der Waals surface area contributed by atoms with E-state index in [0.29, 0.717) is 5.56 Å². The summed E-state index contributed by atoms with van der Waals surface area (Å²) in [6, 6.07) is 18.3. The highest BCUT2D eigenvalue weighted by atomic mass is 32.2. The number of nitrogens with one attached hydrogen (secondary N) is 3. The molecule has 9 heteroatoms. The third-order valence-electron chi connectivity index (χ3n) is 3.83. The fourth-order valence-corrected chi connectivity index (χ4v) is 3.49. The molecule has 0 aliphatic rings. The quantitative estimate of drug-likeness (QED) is 0.560. The normalized spacial score (nSPS) is 10.8. The maximum Gasteiger partial charge on any atom is 0.269 e. The van der Waals surface area contributed by atoms with Gasteiger partial charge in [0.05, 0.1) is 4.90 Å². The number of hydrazine groups is 1. The smallest absolute Gasteiger partial charge is 0.269 e. The van der Waals surface area contributed by atoms with E-state index < -0.39 is 27.7 Å². The number of rotatable bonds is 5. The van der Waals surface area contributed by atoms with E-state index in [-0.39, 0.29) is 16.1 Å². The van der Waals surface area contributed by atoms with Crippen molar-refractivity contribution in [2.75, 3.05) is 4.72 Å². The van der Waals surface area contributed by atoms with Gasteiger partial charge < -0.3 is 0 Å². The maximum atomic E-state index is 13.0. The number of benzene rings is 3. The summed E-state index contributed by atoms with van der Waals surface area (Å²) in [7, 11) is -4.00. The summed E-state index contributed by atoms with van der Waals surface area (Å²) in [5, 5.41) is 0. The van der Waals surface area contributed by atoms with Gasteiger partial charge in [0.15, 0.2) is 0 Å². The van der Waals surface area contributed by atoms with Crippen molar-refractivity contribution in [2.45, 2.75) is 4.90 Å². The predicted octanol–water partition coefficient (Wildman–Crippen LogP) is 2.70. The molecule has 3 N–H and O–H groups in total. The summed E-state index contributed by atoms with van der Waals surface area (Å²) >= 11 is 0. The van der Waals surface area contributed by atoms with Crippen molar-refractivity contribution in [3.8, 4) is 0 Å². The van der Waals surface area contributed by atoms with Gasteiger partial charge in [-0.25, -0.2) is 12.8 Å². The van der Waals surface area contributed by atoms with Crippen molar-refractivity contribution in [1.29, 1.82) is 0 Å². The first kappa shape index (κ1) is 20.0. The van der Waals surface area contributed by atoms with Gasteiger partial charge in [0.1, 0.15) is 5.82 Å². The molecule has 3 aromatic rings. The van der Waals surface area contributed by atoms with E-state index >= 15 is 0 Å². The molecule has 29 heavy (non-hydrogen) atoms. The Bertz CT molecular complexity index is 1130. The Labute approximate surface area is 166 Å². The lowest BCUT2D eigenvalue weighted by molar-refractivity contribution is 0.0846. The van der Waals surface area contributed by atoms with Gasteiger partial charge in [-0.3, -0.25) is 25.2 Å². The molecule has 0 heterocycles. The molecule has 7 nitrogen and oxygen atoms in total. The molecule has 0 unspecified atom stereocenters. The molecule has 0 radical (unpaired) electrons. The first-order chi connectivity index (χ1) is 13.8. The molecule has 148 valence electrons. The molecular weight excluding hydrogens is 397 g/mol. The number of amides is 2. The molecule has 3 rings (SSSR count). The molecule has 0 atom stereocenters. The van der Waals surface area contributed by atoms with Crippen LogP contribution in [0.15, 0.2) is 83.8 Å². The zero-order valence-corrected chi connectivity index (χ0v) is 15.7. The van der Waals surface area contributed by atoms with Gasteiger partial charge in [-0.05, 0) is 54.6 Å². The summed E-state index contributed by atoms with van der Waals surface area (Å²) in [5.74, 6) is -1.70. The van der Waals surface area contributed by atoms with Crippen LogP contribution in [0.25, 0.3) is 0 Å².